The number of hydrogen-bond donors (Lipinski definition) is 2. The Labute approximate surface area is 238 Å². The van der Waals surface area contributed by atoms with Crippen molar-refractivity contribution in [1.29, 1.82) is 0 Å². The van der Waals surface area contributed by atoms with Gasteiger partial charge in [-0.15, -0.1) is 5.10 Å². The van der Waals surface area contributed by atoms with Gasteiger partial charge in [0.25, 0.3) is 0 Å². The lowest BCUT2D eigenvalue weighted by Gasteiger charge is -2.18. The largest absolute Gasteiger partial charge is 0.395 e. The van der Waals surface area contributed by atoms with Gasteiger partial charge in [-0.1, -0.05) is 90.0 Å². The summed E-state index contributed by atoms with van der Waals surface area (Å²) < 4.78 is 2.71. The highest BCUT2D eigenvalue weighted by Crippen LogP contribution is 2.23. The second-order valence-corrected chi connectivity index (χ2v) is 9.80. The molecule has 10 heteroatoms. The molecule has 1 atom stereocenters. The maximum atomic E-state index is 13.4. The van der Waals surface area contributed by atoms with Crippen LogP contribution >= 0.6 is 11.6 Å². The average Bonchev–Trinajstić information content (AvgIpc) is 3.59. The number of hydrogen-bond acceptors (Lipinski definition) is 6. The third-order valence-electron chi connectivity index (χ3n) is 6.36. The summed E-state index contributed by atoms with van der Waals surface area (Å²) in [7, 11) is 0. The number of benzene rings is 3. The van der Waals surface area contributed by atoms with Gasteiger partial charge in [0.1, 0.15) is 6.04 Å². The van der Waals surface area contributed by atoms with Crippen LogP contribution in [0.2, 0.25) is 5.02 Å². The van der Waals surface area contributed by atoms with Crippen molar-refractivity contribution in [3.05, 3.63) is 117 Å². The van der Waals surface area contributed by atoms with Gasteiger partial charge in [-0.3, -0.25) is 4.79 Å². The topological polar surface area (TPSA) is 105 Å². The Balaban J connectivity index is 0.000000546. The summed E-state index contributed by atoms with van der Waals surface area (Å²) >= 11 is 6.01. The summed E-state index contributed by atoms with van der Waals surface area (Å²) in [6, 6.07) is 26.4. The first kappa shape index (κ1) is 28.8. The zero-order valence-corrected chi connectivity index (χ0v) is 23.3. The van der Waals surface area contributed by atoms with E-state index in [2.05, 4.69) is 10.4 Å². The lowest BCUT2D eigenvalue weighted by atomic mass is 10.1. The highest BCUT2D eigenvalue weighted by Gasteiger charge is 2.29. The van der Waals surface area contributed by atoms with Crippen LogP contribution in [0.1, 0.15) is 36.1 Å². The minimum absolute atomic E-state index is 0.105. The molecule has 0 saturated carbocycles. The van der Waals surface area contributed by atoms with Gasteiger partial charge in [0.05, 0.1) is 25.4 Å². The molecule has 0 aliphatic carbocycles. The average molecular weight is 561 g/mol. The van der Waals surface area contributed by atoms with Crippen LogP contribution < -0.4 is 16.0 Å². The van der Waals surface area contributed by atoms with Gasteiger partial charge in [0, 0.05) is 18.0 Å². The number of carbonyl (C=O) groups excluding carboxylic acids is 1. The summed E-state index contributed by atoms with van der Waals surface area (Å²) in [6.45, 7) is 4.34. The Hall–Kier alpha value is -4.21. The molecule has 2 heterocycles. The number of rotatable bonds is 8. The van der Waals surface area contributed by atoms with Gasteiger partial charge in [0.2, 0.25) is 11.9 Å². The fourth-order valence-electron chi connectivity index (χ4n) is 4.17. The highest BCUT2D eigenvalue weighted by molar-refractivity contribution is 6.30. The monoisotopic (exact) mass is 560 g/mol. The molecule has 1 aliphatic rings. The van der Waals surface area contributed by atoms with Crippen LogP contribution in [0.5, 0.6) is 0 Å². The van der Waals surface area contributed by atoms with E-state index in [9.17, 15) is 9.59 Å². The van der Waals surface area contributed by atoms with Crippen LogP contribution in [-0.2, 0) is 11.3 Å². The molecule has 40 heavy (non-hydrogen) atoms. The second kappa shape index (κ2) is 13.7. The molecule has 3 aromatic carbocycles. The SMILES string of the molecule is Cc1ccc(Cn2nc(N3CCC(c4ccc(Cl)cc4)=N3)n(C(C)C(=O)NCCO)c2=O)cc1.c1ccccc1. The molecule has 0 bridgehead atoms. The molecule has 9 nitrogen and oxygen atoms in total. The van der Waals surface area contributed by atoms with Crippen LogP contribution in [0.25, 0.3) is 0 Å². The fourth-order valence-corrected chi connectivity index (χ4v) is 4.29. The number of aryl methyl sites for hydroxylation is 1. The summed E-state index contributed by atoms with van der Waals surface area (Å²) in [6.07, 6.45) is 0.658. The number of aliphatic hydroxyl groups is 1. The van der Waals surface area contributed by atoms with E-state index < -0.39 is 11.7 Å². The van der Waals surface area contributed by atoms with Gasteiger partial charge in [-0.05, 0) is 37.1 Å². The molecule has 5 rings (SSSR count). The number of aliphatic hydroxyl groups excluding tert-OH is 1. The first-order valence-corrected chi connectivity index (χ1v) is 13.5. The Kier molecular flexibility index (Phi) is 9.88. The highest BCUT2D eigenvalue weighted by atomic mass is 35.5. The van der Waals surface area contributed by atoms with E-state index in [1.54, 1.807) is 11.9 Å². The molecular formula is C30H33ClN6O3. The molecule has 208 valence electrons. The number of aromatic nitrogens is 3. The second-order valence-electron chi connectivity index (χ2n) is 9.37. The molecule has 0 saturated heterocycles. The number of nitrogens with zero attached hydrogens (tertiary/aromatic N) is 5. The van der Waals surface area contributed by atoms with Crippen molar-refractivity contribution in [3.63, 3.8) is 0 Å². The van der Waals surface area contributed by atoms with Crippen LogP contribution in [0, 0.1) is 6.92 Å². The van der Waals surface area contributed by atoms with Crippen molar-refractivity contribution in [1.82, 2.24) is 19.7 Å². The number of anilines is 1. The minimum Gasteiger partial charge on any atom is -0.395 e. The Morgan fingerprint density at radius 1 is 1.02 bits per heavy atom. The third-order valence-corrected chi connectivity index (χ3v) is 6.61. The van der Waals surface area contributed by atoms with Crippen molar-refractivity contribution in [2.75, 3.05) is 24.7 Å². The summed E-state index contributed by atoms with van der Waals surface area (Å²) in [5.74, 6) is -0.0823. The maximum absolute atomic E-state index is 13.4. The molecule has 4 aromatic rings. The van der Waals surface area contributed by atoms with Crippen molar-refractivity contribution >= 4 is 29.2 Å². The van der Waals surface area contributed by atoms with E-state index in [1.807, 2.05) is 91.9 Å². The molecular weight excluding hydrogens is 528 g/mol. The van der Waals surface area contributed by atoms with Gasteiger partial charge in [-0.25, -0.2) is 19.1 Å². The predicted molar refractivity (Wildman–Crippen MR) is 158 cm³/mol. The van der Waals surface area contributed by atoms with Gasteiger partial charge < -0.3 is 10.4 Å². The minimum atomic E-state index is -0.837. The lowest BCUT2D eigenvalue weighted by Crippen LogP contribution is -2.38. The predicted octanol–water partition coefficient (Wildman–Crippen LogP) is 4.03. The van der Waals surface area contributed by atoms with E-state index in [1.165, 1.54) is 9.25 Å². The summed E-state index contributed by atoms with van der Waals surface area (Å²) in [4.78, 5) is 26.0. The van der Waals surface area contributed by atoms with E-state index in [0.29, 0.717) is 23.9 Å². The first-order chi connectivity index (χ1) is 19.4. The number of amides is 1. The zero-order valence-electron chi connectivity index (χ0n) is 22.6. The fraction of sp³-hybridized carbons (Fsp3) is 0.267. The molecule has 0 radical (unpaired) electrons. The van der Waals surface area contributed by atoms with Crippen LogP contribution in [-0.4, -0.2) is 50.8 Å². The molecule has 1 unspecified atom stereocenters. The molecule has 1 aromatic heterocycles. The van der Waals surface area contributed by atoms with Crippen molar-refractivity contribution in [2.45, 2.75) is 32.9 Å². The van der Waals surface area contributed by atoms with E-state index in [4.69, 9.17) is 21.8 Å². The number of carbonyl (C=O) groups is 1. The van der Waals surface area contributed by atoms with Crippen LogP contribution in [0.15, 0.2) is 94.8 Å². The molecule has 0 fully saturated rings. The number of halogens is 1. The van der Waals surface area contributed by atoms with Crippen LogP contribution in [0.4, 0.5) is 5.95 Å². The molecule has 1 amide bonds. The van der Waals surface area contributed by atoms with Crippen molar-refractivity contribution < 1.29 is 9.90 Å². The summed E-state index contributed by atoms with van der Waals surface area (Å²) in [5.41, 5.74) is 3.43. The van der Waals surface area contributed by atoms with Gasteiger partial charge in [-0.2, -0.15) is 5.10 Å². The smallest absolute Gasteiger partial charge is 0.348 e. The number of nitrogens with one attached hydrogen (secondary N) is 1. The zero-order chi connectivity index (χ0) is 28.5. The lowest BCUT2D eigenvalue weighted by molar-refractivity contribution is -0.124. The maximum Gasteiger partial charge on any atom is 0.348 e. The Morgan fingerprint density at radius 2 is 1.65 bits per heavy atom. The summed E-state index contributed by atoms with van der Waals surface area (Å²) in [5, 5.41) is 23.3. The quantitative estimate of drug-likeness (QED) is 0.339. The van der Waals surface area contributed by atoms with E-state index in [0.717, 1.165) is 22.4 Å². The number of hydrazone groups is 1. The van der Waals surface area contributed by atoms with E-state index in [-0.39, 0.29) is 25.6 Å². The van der Waals surface area contributed by atoms with Crippen molar-refractivity contribution in [2.24, 2.45) is 5.10 Å². The van der Waals surface area contributed by atoms with Crippen LogP contribution in [0.3, 0.4) is 0 Å². The third kappa shape index (κ3) is 7.25. The van der Waals surface area contributed by atoms with E-state index >= 15 is 0 Å². The molecule has 1 aliphatic heterocycles. The standard InChI is InChI=1S/C24H27ClN6O3.C6H6/c1-16-3-5-18(6-4-16)15-30-24(34)31(17(2)22(33)26-12-14-32)23(28-30)29-13-11-21(27-29)19-7-9-20(25)10-8-19;1-2-4-6-5-3-1/h3-10,17,32H,11-15H2,1-2H3,(H,26,33);1-6H. The van der Waals surface area contributed by atoms with Crippen molar-refractivity contribution in [3.8, 4) is 0 Å². The normalized spacial score (nSPS) is 13.3. The van der Waals surface area contributed by atoms with Gasteiger partial charge >= 0.3 is 5.69 Å². The van der Waals surface area contributed by atoms with Gasteiger partial charge in [0.15, 0.2) is 0 Å². The molecule has 2 N–H and O–H groups in total. The molecule has 0 spiro atoms. The Morgan fingerprint density at radius 3 is 2.25 bits per heavy atom. The first-order valence-electron chi connectivity index (χ1n) is 13.1. The Bertz CT molecular complexity index is 1450.